The monoisotopic (exact) mass is 370 g/mol. The summed E-state index contributed by atoms with van der Waals surface area (Å²) >= 11 is 0. The summed E-state index contributed by atoms with van der Waals surface area (Å²) in [6.45, 7) is 2.12. The van der Waals surface area contributed by atoms with Gasteiger partial charge in [0.25, 0.3) is 0 Å². The van der Waals surface area contributed by atoms with Gasteiger partial charge in [0.1, 0.15) is 0 Å². The van der Waals surface area contributed by atoms with E-state index in [9.17, 15) is 20.1 Å². The van der Waals surface area contributed by atoms with Crippen molar-refractivity contribution in [3.8, 4) is 0 Å². The molecule has 6 heteroatoms. The second-order valence-corrected chi connectivity index (χ2v) is 6.95. The van der Waals surface area contributed by atoms with Gasteiger partial charge in [0.2, 0.25) is 0 Å². The summed E-state index contributed by atoms with van der Waals surface area (Å²) in [5.74, 6) is -0.804. The van der Waals surface area contributed by atoms with Crippen molar-refractivity contribution in [1.29, 1.82) is 0 Å². The van der Waals surface area contributed by atoms with Crippen molar-refractivity contribution >= 4 is 5.97 Å². The summed E-state index contributed by atoms with van der Waals surface area (Å²) in [6.07, 6.45) is 10.2. The molecule has 1 saturated heterocycles. The molecule has 0 bridgehead atoms. The number of carboxylic acids is 1. The fourth-order valence-corrected chi connectivity index (χ4v) is 3.01. The Morgan fingerprint density at radius 2 is 1.96 bits per heavy atom. The molecule has 0 radical (unpaired) electrons. The standard InChI is InChI=1S/C20H34O6/c1-2-3-6-10-18-17(23)14-19(26-18)16(22)13-12-15(21)9-7-4-5-8-11-20(24)25/h4,7,12-13,15-19,21-23H,2-3,5-6,8-11,14H2,1H3,(H,24,25)/b7-4-,13-12-/t15-,16+,17+,18-,19-/m0/s1. The molecule has 0 aromatic heterocycles. The van der Waals surface area contributed by atoms with E-state index in [-0.39, 0.29) is 12.5 Å². The minimum atomic E-state index is -0.852. The Labute approximate surface area is 156 Å². The van der Waals surface area contributed by atoms with Crippen LogP contribution in [0, 0.1) is 0 Å². The molecular weight excluding hydrogens is 336 g/mol. The zero-order valence-electron chi connectivity index (χ0n) is 15.7. The highest BCUT2D eigenvalue weighted by Crippen LogP contribution is 2.27. The molecule has 150 valence electrons. The normalized spacial score (nSPS) is 25.9. The first-order valence-electron chi connectivity index (χ1n) is 9.68. The van der Waals surface area contributed by atoms with Crippen LogP contribution in [-0.4, -0.2) is 56.9 Å². The molecule has 1 aliphatic heterocycles. The number of rotatable bonds is 13. The first-order valence-corrected chi connectivity index (χ1v) is 9.68. The van der Waals surface area contributed by atoms with E-state index in [0.29, 0.717) is 25.7 Å². The van der Waals surface area contributed by atoms with Crippen molar-refractivity contribution in [2.75, 3.05) is 0 Å². The number of allylic oxidation sites excluding steroid dienone is 1. The quantitative estimate of drug-likeness (QED) is 0.293. The fourth-order valence-electron chi connectivity index (χ4n) is 3.01. The maximum Gasteiger partial charge on any atom is 0.303 e. The van der Waals surface area contributed by atoms with E-state index in [1.807, 2.05) is 12.2 Å². The smallest absolute Gasteiger partial charge is 0.303 e. The summed E-state index contributed by atoms with van der Waals surface area (Å²) in [6, 6.07) is 0. The largest absolute Gasteiger partial charge is 0.481 e. The van der Waals surface area contributed by atoms with Crippen molar-refractivity contribution in [3.05, 3.63) is 24.3 Å². The molecule has 1 rings (SSSR count). The second kappa shape index (κ2) is 13.0. The molecule has 26 heavy (non-hydrogen) atoms. The Kier molecular flexibility index (Phi) is 11.4. The molecule has 6 nitrogen and oxygen atoms in total. The van der Waals surface area contributed by atoms with Crippen LogP contribution in [-0.2, 0) is 9.53 Å². The van der Waals surface area contributed by atoms with Gasteiger partial charge < -0.3 is 25.2 Å². The summed E-state index contributed by atoms with van der Waals surface area (Å²) in [7, 11) is 0. The molecule has 0 aliphatic carbocycles. The van der Waals surface area contributed by atoms with Crippen LogP contribution in [0.3, 0.4) is 0 Å². The van der Waals surface area contributed by atoms with E-state index in [1.54, 1.807) is 0 Å². The highest BCUT2D eigenvalue weighted by atomic mass is 16.5. The number of aliphatic hydroxyl groups is 3. The molecule has 5 atom stereocenters. The molecule has 0 saturated carbocycles. The highest BCUT2D eigenvalue weighted by molar-refractivity contribution is 5.66. The Bertz CT molecular complexity index is 448. The number of hydrogen-bond donors (Lipinski definition) is 4. The SMILES string of the molecule is CCCCC[C@@H]1O[C@H]([C@H](O)/C=C\[C@@H](O)C/C=C\CCCC(=O)O)C[C@H]1O. The summed E-state index contributed by atoms with van der Waals surface area (Å²) in [5.41, 5.74) is 0. The van der Waals surface area contributed by atoms with Crippen molar-refractivity contribution in [2.45, 2.75) is 95.2 Å². The number of carboxylic acid groups (broad SMARTS) is 1. The van der Waals surface area contributed by atoms with Crippen LogP contribution in [0.2, 0.25) is 0 Å². The summed E-state index contributed by atoms with van der Waals surface area (Å²) < 4.78 is 5.76. The third kappa shape index (κ3) is 9.48. The number of unbranched alkanes of at least 4 members (excludes halogenated alkanes) is 3. The minimum absolute atomic E-state index is 0.145. The molecule has 0 amide bonds. The van der Waals surface area contributed by atoms with E-state index in [2.05, 4.69) is 6.92 Å². The average molecular weight is 370 g/mol. The summed E-state index contributed by atoms with van der Waals surface area (Å²) in [5, 5.41) is 38.7. The molecule has 1 heterocycles. The van der Waals surface area contributed by atoms with Crippen LogP contribution in [0.25, 0.3) is 0 Å². The molecule has 0 unspecified atom stereocenters. The maximum atomic E-state index is 10.4. The third-order valence-electron chi connectivity index (χ3n) is 4.56. The lowest BCUT2D eigenvalue weighted by molar-refractivity contribution is -0.137. The van der Waals surface area contributed by atoms with Crippen LogP contribution in [0.4, 0.5) is 0 Å². The highest BCUT2D eigenvalue weighted by Gasteiger charge is 2.36. The van der Waals surface area contributed by atoms with Crippen LogP contribution in [0.1, 0.15) is 64.7 Å². The van der Waals surface area contributed by atoms with Crippen LogP contribution in [0.15, 0.2) is 24.3 Å². The minimum Gasteiger partial charge on any atom is -0.481 e. The number of aliphatic carboxylic acids is 1. The molecule has 0 aromatic carbocycles. The van der Waals surface area contributed by atoms with Crippen LogP contribution < -0.4 is 0 Å². The Hall–Kier alpha value is -1.21. The Morgan fingerprint density at radius 3 is 2.65 bits per heavy atom. The Balaban J connectivity index is 2.27. The molecule has 1 fully saturated rings. The van der Waals surface area contributed by atoms with Gasteiger partial charge in [-0.05, 0) is 25.7 Å². The third-order valence-corrected chi connectivity index (χ3v) is 4.56. The maximum absolute atomic E-state index is 10.4. The zero-order chi connectivity index (χ0) is 19.4. The van der Waals surface area contributed by atoms with Gasteiger partial charge in [-0.2, -0.15) is 0 Å². The first-order chi connectivity index (χ1) is 12.4. The van der Waals surface area contributed by atoms with Gasteiger partial charge in [0.05, 0.1) is 30.5 Å². The number of carbonyl (C=O) groups is 1. The van der Waals surface area contributed by atoms with Crippen molar-refractivity contribution < 1.29 is 30.0 Å². The van der Waals surface area contributed by atoms with Crippen LogP contribution in [0.5, 0.6) is 0 Å². The van der Waals surface area contributed by atoms with Crippen LogP contribution >= 0.6 is 0 Å². The lowest BCUT2D eigenvalue weighted by Gasteiger charge is -2.17. The predicted molar refractivity (Wildman–Crippen MR) is 99.8 cm³/mol. The zero-order valence-corrected chi connectivity index (χ0v) is 15.7. The van der Waals surface area contributed by atoms with Crippen molar-refractivity contribution in [2.24, 2.45) is 0 Å². The van der Waals surface area contributed by atoms with E-state index in [0.717, 1.165) is 25.7 Å². The van der Waals surface area contributed by atoms with Crippen molar-refractivity contribution in [3.63, 3.8) is 0 Å². The van der Waals surface area contributed by atoms with E-state index < -0.39 is 30.4 Å². The van der Waals surface area contributed by atoms with Gasteiger partial charge in [0.15, 0.2) is 0 Å². The van der Waals surface area contributed by atoms with Gasteiger partial charge in [-0.3, -0.25) is 4.79 Å². The number of ether oxygens (including phenoxy) is 1. The molecule has 0 spiro atoms. The van der Waals surface area contributed by atoms with Gasteiger partial charge in [0, 0.05) is 12.8 Å². The van der Waals surface area contributed by atoms with Crippen molar-refractivity contribution in [1.82, 2.24) is 0 Å². The first kappa shape index (κ1) is 22.8. The fraction of sp³-hybridized carbons (Fsp3) is 0.750. The number of aliphatic hydroxyl groups excluding tert-OH is 3. The lowest BCUT2D eigenvalue weighted by atomic mass is 10.0. The average Bonchev–Trinajstić information content (AvgIpc) is 2.97. The second-order valence-electron chi connectivity index (χ2n) is 6.95. The lowest BCUT2D eigenvalue weighted by Crippen LogP contribution is -2.25. The topological polar surface area (TPSA) is 107 Å². The molecule has 4 N–H and O–H groups in total. The van der Waals surface area contributed by atoms with E-state index in [1.165, 1.54) is 12.2 Å². The van der Waals surface area contributed by atoms with Gasteiger partial charge in [-0.15, -0.1) is 0 Å². The van der Waals surface area contributed by atoms with Gasteiger partial charge in [-0.25, -0.2) is 0 Å². The number of hydrogen-bond acceptors (Lipinski definition) is 5. The Morgan fingerprint density at radius 1 is 1.19 bits per heavy atom. The van der Waals surface area contributed by atoms with E-state index >= 15 is 0 Å². The van der Waals surface area contributed by atoms with E-state index in [4.69, 9.17) is 9.84 Å². The molecule has 1 aliphatic rings. The van der Waals surface area contributed by atoms with Gasteiger partial charge in [-0.1, -0.05) is 50.5 Å². The summed E-state index contributed by atoms with van der Waals surface area (Å²) in [4.78, 5) is 10.4. The molecular formula is C20H34O6. The molecule has 0 aromatic rings. The van der Waals surface area contributed by atoms with Gasteiger partial charge >= 0.3 is 5.97 Å². The predicted octanol–water partition coefficient (Wildman–Crippen LogP) is 2.56.